The van der Waals surface area contributed by atoms with Crippen molar-refractivity contribution in [2.75, 3.05) is 0 Å². The molecule has 0 atom stereocenters. The van der Waals surface area contributed by atoms with Crippen LogP contribution in [0.25, 0.3) is 50.2 Å². The second-order valence-corrected chi connectivity index (χ2v) is 10.7. The third-order valence-corrected chi connectivity index (χ3v) is 7.86. The van der Waals surface area contributed by atoms with Gasteiger partial charge in [-0.2, -0.15) is 5.10 Å². The molecular weight excluding hydrogens is 506 g/mol. The molecule has 5 heterocycles. The summed E-state index contributed by atoms with van der Waals surface area (Å²) in [6.07, 6.45) is 19.0. The van der Waals surface area contributed by atoms with E-state index < -0.39 is 0 Å². The number of allylic oxidation sites excluding steroid dienone is 5. The molecule has 0 saturated heterocycles. The van der Waals surface area contributed by atoms with E-state index >= 15 is 0 Å². The summed E-state index contributed by atoms with van der Waals surface area (Å²) >= 11 is 0. The molecule has 1 aliphatic rings. The van der Waals surface area contributed by atoms with Crippen molar-refractivity contribution < 1.29 is 0 Å². The number of H-pyrrole nitrogens is 2. The van der Waals surface area contributed by atoms with Crippen LogP contribution in [0.5, 0.6) is 0 Å². The molecule has 0 amide bonds. The van der Waals surface area contributed by atoms with Crippen molar-refractivity contribution in [3.63, 3.8) is 0 Å². The van der Waals surface area contributed by atoms with Gasteiger partial charge in [-0.05, 0) is 73.4 Å². The van der Waals surface area contributed by atoms with Crippen LogP contribution in [0.15, 0.2) is 97.8 Å². The minimum atomic E-state index is 0.723. The SMILES string of the molecule is C=C/C(=C\C(=C/C)c1ccc2[nH]nc(-c3cc4c(-c5cccnc5)nccc4[nH]3)c2n1)NC(=C)CC1CCCCC1. The molecule has 0 radical (unpaired) electrons. The quantitative estimate of drug-likeness (QED) is 0.164. The second kappa shape index (κ2) is 11.8. The zero-order chi connectivity index (χ0) is 28.2. The average molecular weight is 542 g/mol. The number of pyridine rings is 3. The summed E-state index contributed by atoms with van der Waals surface area (Å²) in [5.74, 6) is 0.723. The summed E-state index contributed by atoms with van der Waals surface area (Å²) in [5, 5.41) is 12.3. The molecule has 0 unspecified atom stereocenters. The highest BCUT2D eigenvalue weighted by Crippen LogP contribution is 2.33. The van der Waals surface area contributed by atoms with Gasteiger partial charge in [0.15, 0.2) is 0 Å². The van der Waals surface area contributed by atoms with Gasteiger partial charge in [0.1, 0.15) is 11.2 Å². The van der Waals surface area contributed by atoms with Gasteiger partial charge in [-0.1, -0.05) is 51.3 Å². The van der Waals surface area contributed by atoms with E-state index in [9.17, 15) is 0 Å². The Labute approximate surface area is 240 Å². The van der Waals surface area contributed by atoms with Crippen molar-refractivity contribution >= 4 is 27.5 Å². The van der Waals surface area contributed by atoms with Crippen LogP contribution in [0.1, 0.15) is 51.1 Å². The first-order chi connectivity index (χ1) is 20.1. The zero-order valence-corrected chi connectivity index (χ0v) is 23.5. The molecule has 41 heavy (non-hydrogen) atoms. The van der Waals surface area contributed by atoms with Gasteiger partial charge in [0.2, 0.25) is 0 Å². The fourth-order valence-electron chi connectivity index (χ4n) is 5.78. The predicted molar refractivity (Wildman–Crippen MR) is 168 cm³/mol. The molecule has 1 aliphatic carbocycles. The lowest BCUT2D eigenvalue weighted by atomic mass is 9.86. The molecule has 0 spiro atoms. The molecule has 206 valence electrons. The number of hydrogen-bond acceptors (Lipinski definition) is 5. The third-order valence-electron chi connectivity index (χ3n) is 7.86. The molecule has 1 saturated carbocycles. The molecule has 1 fully saturated rings. The van der Waals surface area contributed by atoms with Gasteiger partial charge in [-0.15, -0.1) is 0 Å². The van der Waals surface area contributed by atoms with Crippen molar-refractivity contribution in [1.82, 2.24) is 35.5 Å². The normalized spacial score (nSPS) is 15.0. The number of nitrogens with one attached hydrogen (secondary N) is 3. The number of aromatic amines is 2. The lowest BCUT2D eigenvalue weighted by Gasteiger charge is -2.23. The third kappa shape index (κ3) is 5.61. The lowest BCUT2D eigenvalue weighted by Crippen LogP contribution is -2.16. The van der Waals surface area contributed by atoms with Crippen LogP contribution >= 0.6 is 0 Å². The summed E-state index contributed by atoms with van der Waals surface area (Å²) in [5.41, 5.74) is 9.93. The molecular formula is C34H35N7. The van der Waals surface area contributed by atoms with Crippen molar-refractivity contribution in [3.05, 3.63) is 103 Å². The van der Waals surface area contributed by atoms with Crippen LogP contribution in [-0.2, 0) is 0 Å². The Morgan fingerprint density at radius 3 is 2.73 bits per heavy atom. The number of hydrogen-bond donors (Lipinski definition) is 3. The van der Waals surface area contributed by atoms with Crippen LogP contribution in [-0.4, -0.2) is 30.1 Å². The molecule has 0 aliphatic heterocycles. The highest BCUT2D eigenvalue weighted by molar-refractivity contribution is 5.99. The summed E-state index contributed by atoms with van der Waals surface area (Å²) in [7, 11) is 0. The maximum absolute atomic E-state index is 5.06. The van der Waals surface area contributed by atoms with Crippen LogP contribution in [0.4, 0.5) is 0 Å². The van der Waals surface area contributed by atoms with Gasteiger partial charge in [-0.25, -0.2) is 4.98 Å². The van der Waals surface area contributed by atoms with Crippen LogP contribution in [0.2, 0.25) is 0 Å². The summed E-state index contributed by atoms with van der Waals surface area (Å²) in [4.78, 5) is 17.5. The van der Waals surface area contributed by atoms with Gasteiger partial charge in [-0.3, -0.25) is 15.1 Å². The van der Waals surface area contributed by atoms with Crippen molar-refractivity contribution in [1.29, 1.82) is 0 Å². The molecule has 7 heteroatoms. The highest BCUT2D eigenvalue weighted by atomic mass is 15.1. The number of fused-ring (bicyclic) bond motifs is 2. The molecule has 3 N–H and O–H groups in total. The van der Waals surface area contributed by atoms with Gasteiger partial charge in [0, 0.05) is 46.5 Å². The Morgan fingerprint density at radius 1 is 1.07 bits per heavy atom. The van der Waals surface area contributed by atoms with E-state index in [0.29, 0.717) is 0 Å². The number of nitrogens with zero attached hydrogens (tertiary/aromatic N) is 4. The van der Waals surface area contributed by atoms with Gasteiger partial charge >= 0.3 is 0 Å². The van der Waals surface area contributed by atoms with Crippen molar-refractivity contribution in [3.8, 4) is 22.6 Å². The van der Waals surface area contributed by atoms with E-state index in [-0.39, 0.29) is 0 Å². The number of aromatic nitrogens is 6. The van der Waals surface area contributed by atoms with Crippen molar-refractivity contribution in [2.45, 2.75) is 45.4 Å². The highest BCUT2D eigenvalue weighted by Gasteiger charge is 2.17. The fraction of sp³-hybridized carbons (Fsp3) is 0.235. The molecule has 0 aromatic carbocycles. The Kier molecular flexibility index (Phi) is 7.58. The topological polar surface area (TPSA) is 95.2 Å². The first-order valence-electron chi connectivity index (χ1n) is 14.3. The number of rotatable bonds is 9. The predicted octanol–water partition coefficient (Wildman–Crippen LogP) is 8.11. The molecule has 7 nitrogen and oxygen atoms in total. The maximum Gasteiger partial charge on any atom is 0.135 e. The van der Waals surface area contributed by atoms with E-state index in [4.69, 9.17) is 4.98 Å². The first-order valence-corrected chi connectivity index (χ1v) is 14.3. The van der Waals surface area contributed by atoms with Crippen LogP contribution in [0.3, 0.4) is 0 Å². The molecule has 6 rings (SSSR count). The zero-order valence-electron chi connectivity index (χ0n) is 23.5. The van der Waals surface area contributed by atoms with E-state index in [1.54, 1.807) is 6.20 Å². The first kappa shape index (κ1) is 26.4. The second-order valence-electron chi connectivity index (χ2n) is 10.7. The van der Waals surface area contributed by atoms with E-state index in [2.05, 4.69) is 61.8 Å². The minimum Gasteiger partial charge on any atom is -0.359 e. The monoisotopic (exact) mass is 541 g/mol. The van der Waals surface area contributed by atoms with Gasteiger partial charge < -0.3 is 10.3 Å². The Morgan fingerprint density at radius 2 is 1.95 bits per heavy atom. The summed E-state index contributed by atoms with van der Waals surface area (Å²) < 4.78 is 0. The molecule has 5 aromatic rings. The van der Waals surface area contributed by atoms with Gasteiger partial charge in [0.25, 0.3) is 0 Å². The van der Waals surface area contributed by atoms with E-state index in [1.807, 2.05) is 55.7 Å². The minimum absolute atomic E-state index is 0.723. The summed E-state index contributed by atoms with van der Waals surface area (Å²) in [6, 6.07) is 12.0. The van der Waals surface area contributed by atoms with Crippen LogP contribution in [0, 0.1) is 5.92 Å². The smallest absolute Gasteiger partial charge is 0.135 e. The van der Waals surface area contributed by atoms with Crippen molar-refractivity contribution in [2.24, 2.45) is 5.92 Å². The molecule has 5 aromatic heterocycles. The Bertz CT molecular complexity index is 1770. The maximum atomic E-state index is 5.06. The standard InChI is InChI=1S/C34H35N7/c1-4-24(19-26(5-2)37-22(3)18-23-10-7-6-8-11-23)28-13-14-30-33(39-28)34(41-40-30)31-20-27-29(38-31)15-17-36-32(27)25-12-9-16-35-21-25/h4-5,9,12-17,19-21,23,37-38H,2-3,6-8,10-11,18H2,1H3,(H,40,41)/b24-4+,26-19+. The Balaban J connectivity index is 1.30. The summed E-state index contributed by atoms with van der Waals surface area (Å²) in [6.45, 7) is 10.4. The Hall–Kier alpha value is -4.78. The fourth-order valence-corrected chi connectivity index (χ4v) is 5.78. The van der Waals surface area contributed by atoms with E-state index in [1.165, 1.54) is 32.1 Å². The largest absolute Gasteiger partial charge is 0.359 e. The van der Waals surface area contributed by atoms with Gasteiger partial charge in [0.05, 0.1) is 22.6 Å². The van der Waals surface area contributed by atoms with Crippen LogP contribution < -0.4 is 5.32 Å². The molecule has 0 bridgehead atoms. The average Bonchev–Trinajstić information content (AvgIpc) is 3.64. The van der Waals surface area contributed by atoms with E-state index in [0.717, 1.165) is 79.6 Å². The lowest BCUT2D eigenvalue weighted by molar-refractivity contribution is 0.353.